The second-order valence-electron chi connectivity index (χ2n) is 5.64. The molecule has 1 N–H and O–H groups in total. The van der Waals surface area contributed by atoms with E-state index >= 15 is 0 Å². The number of carbonyl (C=O) groups is 1. The maximum absolute atomic E-state index is 12.6. The summed E-state index contributed by atoms with van der Waals surface area (Å²) in [4.78, 5) is 12.6. The highest BCUT2D eigenvalue weighted by molar-refractivity contribution is 6.06. The molecule has 2 aromatic carbocycles. The van der Waals surface area contributed by atoms with Crippen molar-refractivity contribution in [3.05, 3.63) is 65.5 Å². The van der Waals surface area contributed by atoms with Crippen LogP contribution in [-0.2, 0) is 7.05 Å². The topological polar surface area (TPSA) is 59.8 Å². The van der Waals surface area contributed by atoms with Crippen molar-refractivity contribution in [2.24, 2.45) is 7.05 Å². The summed E-state index contributed by atoms with van der Waals surface area (Å²) in [5.41, 5.74) is 4.33. The Kier molecular flexibility index (Phi) is 3.93. The first-order valence-corrected chi connectivity index (χ1v) is 7.37. The van der Waals surface area contributed by atoms with E-state index in [4.69, 9.17) is 0 Å². The molecule has 116 valence electrons. The molecule has 0 spiro atoms. The molecule has 0 bridgehead atoms. The molecule has 0 aliphatic rings. The summed E-state index contributed by atoms with van der Waals surface area (Å²) >= 11 is 0. The standard InChI is InChI=1S/C18H18N4O/c1-12-8-13(2)10-14(9-12)18(23)20-16-7-5-4-6-15(16)17-21-19-11-22(17)3/h4-11H,1-3H3,(H,20,23). The van der Waals surface area contributed by atoms with Crippen LogP contribution in [0.25, 0.3) is 11.4 Å². The van der Waals surface area contributed by atoms with Gasteiger partial charge in [-0.15, -0.1) is 10.2 Å². The number of benzene rings is 2. The van der Waals surface area contributed by atoms with Gasteiger partial charge in [0.25, 0.3) is 5.91 Å². The van der Waals surface area contributed by atoms with Crippen LogP contribution in [0.1, 0.15) is 21.5 Å². The number of hydrogen-bond donors (Lipinski definition) is 1. The SMILES string of the molecule is Cc1cc(C)cc(C(=O)Nc2ccccc2-c2nncn2C)c1. The molecule has 0 unspecified atom stereocenters. The number of nitrogens with zero attached hydrogens (tertiary/aromatic N) is 3. The Hall–Kier alpha value is -2.95. The fourth-order valence-corrected chi connectivity index (χ4v) is 2.61. The molecular weight excluding hydrogens is 288 g/mol. The lowest BCUT2D eigenvalue weighted by Crippen LogP contribution is -2.13. The van der Waals surface area contributed by atoms with Gasteiger partial charge in [0, 0.05) is 18.2 Å². The third-order valence-corrected chi connectivity index (χ3v) is 3.61. The molecule has 3 aromatic rings. The summed E-state index contributed by atoms with van der Waals surface area (Å²) in [6.07, 6.45) is 1.64. The van der Waals surface area contributed by atoms with Crippen LogP contribution in [0.15, 0.2) is 48.8 Å². The third kappa shape index (κ3) is 3.13. The molecule has 1 aromatic heterocycles. The van der Waals surface area contributed by atoms with Gasteiger partial charge in [0.1, 0.15) is 6.33 Å². The van der Waals surface area contributed by atoms with Crippen LogP contribution in [-0.4, -0.2) is 20.7 Å². The number of rotatable bonds is 3. The molecular formula is C18H18N4O. The van der Waals surface area contributed by atoms with Crippen LogP contribution in [0.2, 0.25) is 0 Å². The highest BCUT2D eigenvalue weighted by Gasteiger charge is 2.13. The molecule has 0 aliphatic carbocycles. The molecule has 0 aliphatic heterocycles. The van der Waals surface area contributed by atoms with Gasteiger partial charge in [-0.05, 0) is 38.1 Å². The maximum atomic E-state index is 12.6. The molecule has 0 atom stereocenters. The Morgan fingerprint density at radius 1 is 1.09 bits per heavy atom. The lowest BCUT2D eigenvalue weighted by molar-refractivity contribution is 0.102. The Bertz CT molecular complexity index is 847. The number of para-hydroxylation sites is 1. The minimum atomic E-state index is -0.133. The number of hydrogen-bond acceptors (Lipinski definition) is 3. The van der Waals surface area contributed by atoms with Crippen molar-refractivity contribution < 1.29 is 4.79 Å². The highest BCUT2D eigenvalue weighted by atomic mass is 16.1. The van der Waals surface area contributed by atoms with Crippen molar-refractivity contribution in [3.63, 3.8) is 0 Å². The summed E-state index contributed by atoms with van der Waals surface area (Å²) in [5.74, 6) is 0.577. The monoisotopic (exact) mass is 306 g/mol. The molecule has 0 saturated heterocycles. The van der Waals surface area contributed by atoms with E-state index in [1.807, 2.05) is 67.9 Å². The van der Waals surface area contributed by atoms with Crippen LogP contribution in [0, 0.1) is 13.8 Å². The predicted octanol–water partition coefficient (Wildman–Crippen LogP) is 3.35. The summed E-state index contributed by atoms with van der Waals surface area (Å²) < 4.78 is 1.82. The zero-order valence-corrected chi connectivity index (χ0v) is 13.4. The van der Waals surface area contributed by atoms with Crippen LogP contribution >= 0.6 is 0 Å². The van der Waals surface area contributed by atoms with Gasteiger partial charge in [-0.3, -0.25) is 4.79 Å². The van der Waals surface area contributed by atoms with Gasteiger partial charge in [0.2, 0.25) is 0 Å². The number of aryl methyl sites for hydroxylation is 3. The van der Waals surface area contributed by atoms with Gasteiger partial charge in [-0.25, -0.2) is 0 Å². The Balaban J connectivity index is 1.95. The van der Waals surface area contributed by atoms with Crippen LogP contribution in [0.3, 0.4) is 0 Å². The summed E-state index contributed by atoms with van der Waals surface area (Å²) in [6.45, 7) is 3.97. The molecule has 5 heteroatoms. The molecule has 0 radical (unpaired) electrons. The molecule has 0 fully saturated rings. The van der Waals surface area contributed by atoms with Gasteiger partial charge in [0.05, 0.1) is 5.69 Å². The molecule has 0 saturated carbocycles. The van der Waals surface area contributed by atoms with Crippen molar-refractivity contribution in [2.45, 2.75) is 13.8 Å². The van der Waals surface area contributed by atoms with E-state index in [9.17, 15) is 4.79 Å². The normalized spacial score (nSPS) is 10.6. The van der Waals surface area contributed by atoms with Crippen molar-refractivity contribution in [1.29, 1.82) is 0 Å². The van der Waals surface area contributed by atoms with Crippen molar-refractivity contribution in [3.8, 4) is 11.4 Å². The van der Waals surface area contributed by atoms with E-state index < -0.39 is 0 Å². The minimum Gasteiger partial charge on any atom is -0.321 e. The second kappa shape index (κ2) is 6.04. The predicted molar refractivity (Wildman–Crippen MR) is 90.3 cm³/mol. The van der Waals surface area contributed by atoms with E-state index in [0.29, 0.717) is 17.1 Å². The van der Waals surface area contributed by atoms with Crippen molar-refractivity contribution >= 4 is 11.6 Å². The first-order chi connectivity index (χ1) is 11.0. The summed E-state index contributed by atoms with van der Waals surface area (Å²) in [6, 6.07) is 13.4. The van der Waals surface area contributed by atoms with Gasteiger partial charge in [-0.2, -0.15) is 0 Å². The Morgan fingerprint density at radius 3 is 2.43 bits per heavy atom. The third-order valence-electron chi connectivity index (χ3n) is 3.61. The largest absolute Gasteiger partial charge is 0.321 e. The summed E-state index contributed by atoms with van der Waals surface area (Å²) in [5, 5.41) is 11.0. The van der Waals surface area contributed by atoms with E-state index in [0.717, 1.165) is 16.7 Å². The Morgan fingerprint density at radius 2 is 1.78 bits per heavy atom. The first-order valence-electron chi connectivity index (χ1n) is 7.37. The van der Waals surface area contributed by atoms with Crippen LogP contribution in [0.4, 0.5) is 5.69 Å². The van der Waals surface area contributed by atoms with E-state index in [1.54, 1.807) is 6.33 Å². The van der Waals surface area contributed by atoms with Crippen LogP contribution in [0.5, 0.6) is 0 Å². The molecule has 1 heterocycles. The lowest BCUT2D eigenvalue weighted by Gasteiger charge is -2.11. The average molecular weight is 306 g/mol. The number of carbonyl (C=O) groups excluding carboxylic acids is 1. The second-order valence-corrected chi connectivity index (χ2v) is 5.64. The number of nitrogens with one attached hydrogen (secondary N) is 1. The van der Waals surface area contributed by atoms with Gasteiger partial charge < -0.3 is 9.88 Å². The quantitative estimate of drug-likeness (QED) is 0.807. The Labute approximate surface area is 135 Å². The maximum Gasteiger partial charge on any atom is 0.255 e. The lowest BCUT2D eigenvalue weighted by atomic mass is 10.1. The molecule has 5 nitrogen and oxygen atoms in total. The average Bonchev–Trinajstić information content (AvgIpc) is 2.93. The van der Waals surface area contributed by atoms with Gasteiger partial charge in [0.15, 0.2) is 5.82 Å². The van der Waals surface area contributed by atoms with Crippen molar-refractivity contribution in [2.75, 3.05) is 5.32 Å². The van der Waals surface area contributed by atoms with E-state index in [1.165, 1.54) is 0 Å². The van der Waals surface area contributed by atoms with E-state index in [-0.39, 0.29) is 5.91 Å². The van der Waals surface area contributed by atoms with Crippen molar-refractivity contribution in [1.82, 2.24) is 14.8 Å². The molecule has 3 rings (SSSR count). The number of amides is 1. The zero-order chi connectivity index (χ0) is 16.4. The smallest absolute Gasteiger partial charge is 0.255 e. The van der Waals surface area contributed by atoms with Crippen LogP contribution < -0.4 is 5.32 Å². The van der Waals surface area contributed by atoms with E-state index in [2.05, 4.69) is 15.5 Å². The molecule has 1 amide bonds. The number of anilines is 1. The number of aromatic nitrogens is 3. The fourth-order valence-electron chi connectivity index (χ4n) is 2.61. The van der Waals surface area contributed by atoms with Gasteiger partial charge >= 0.3 is 0 Å². The highest BCUT2D eigenvalue weighted by Crippen LogP contribution is 2.26. The zero-order valence-electron chi connectivity index (χ0n) is 13.4. The summed E-state index contributed by atoms with van der Waals surface area (Å²) in [7, 11) is 1.87. The minimum absolute atomic E-state index is 0.133. The van der Waals surface area contributed by atoms with Gasteiger partial charge in [-0.1, -0.05) is 29.3 Å². The fraction of sp³-hybridized carbons (Fsp3) is 0.167. The molecule has 23 heavy (non-hydrogen) atoms. The first kappa shape index (κ1) is 15.0.